The van der Waals surface area contributed by atoms with Crippen LogP contribution in [0.3, 0.4) is 0 Å². The van der Waals surface area contributed by atoms with Crippen molar-refractivity contribution >= 4 is 29.3 Å². The maximum Gasteiger partial charge on any atom is 0.419 e. The van der Waals surface area contributed by atoms with Gasteiger partial charge in [-0.1, -0.05) is 11.3 Å². The summed E-state index contributed by atoms with van der Waals surface area (Å²) >= 11 is 0. The molecule has 0 aliphatic carbocycles. The van der Waals surface area contributed by atoms with Crippen molar-refractivity contribution < 1.29 is 17.9 Å². The average molecular weight is 558 g/mol. The van der Waals surface area contributed by atoms with Crippen molar-refractivity contribution in [2.45, 2.75) is 32.4 Å². The van der Waals surface area contributed by atoms with Crippen LogP contribution in [0, 0.1) is 24.2 Å². The van der Waals surface area contributed by atoms with Gasteiger partial charge in [0.2, 0.25) is 0 Å². The first kappa shape index (κ1) is 28.1. The maximum absolute atomic E-state index is 14.0. The number of nitriles is 1. The normalized spacial score (nSPS) is 14.2. The Kier molecular flexibility index (Phi) is 8.25. The maximum atomic E-state index is 14.0. The number of halogens is 4. The zero-order valence-electron chi connectivity index (χ0n) is 21.4. The van der Waals surface area contributed by atoms with Gasteiger partial charge in [0.25, 0.3) is 0 Å². The van der Waals surface area contributed by atoms with Gasteiger partial charge in [0, 0.05) is 31.9 Å². The molecule has 1 aromatic carbocycles. The summed E-state index contributed by atoms with van der Waals surface area (Å²) in [6.07, 6.45) is -0.227. The summed E-state index contributed by atoms with van der Waals surface area (Å²) in [5, 5.41) is 17.2. The molecule has 0 amide bonds. The number of pyridine rings is 2. The predicted molar refractivity (Wildman–Crippen MR) is 143 cm³/mol. The third-order valence-corrected chi connectivity index (χ3v) is 6.90. The van der Waals surface area contributed by atoms with E-state index in [-0.39, 0.29) is 41.7 Å². The lowest BCUT2D eigenvalue weighted by molar-refractivity contribution is -0.138. The largest absolute Gasteiger partial charge is 0.493 e. The van der Waals surface area contributed by atoms with Crippen LogP contribution in [-0.4, -0.2) is 44.7 Å². The monoisotopic (exact) mass is 557 g/mol. The highest BCUT2D eigenvalue weighted by atomic mass is 35.5. The number of anilines is 1. The molecule has 4 heterocycles. The van der Waals surface area contributed by atoms with E-state index in [0.717, 1.165) is 43.4 Å². The second-order valence-corrected chi connectivity index (χ2v) is 9.52. The number of aryl methyl sites for hydroxylation is 2. The molecule has 0 spiro atoms. The van der Waals surface area contributed by atoms with E-state index in [9.17, 15) is 18.4 Å². The SMILES string of the molecule is Cc1ccc(N2CCC(CCOc3ccc(-c4cc5c(nnn5C)c(C#N)n4)cc3C(F)(F)F)CC2)nc1.Cl. The van der Waals surface area contributed by atoms with Crippen molar-refractivity contribution in [1.29, 1.82) is 5.26 Å². The molecular formula is C27H27ClF3N7O. The van der Waals surface area contributed by atoms with Crippen molar-refractivity contribution in [3.8, 4) is 23.1 Å². The summed E-state index contributed by atoms with van der Waals surface area (Å²) in [6, 6.07) is 11.4. The number of nitrogens with zero attached hydrogens (tertiary/aromatic N) is 7. The topological polar surface area (TPSA) is 92.8 Å². The van der Waals surface area contributed by atoms with Gasteiger partial charge in [-0.05, 0) is 68.0 Å². The number of benzene rings is 1. The third-order valence-electron chi connectivity index (χ3n) is 6.90. The van der Waals surface area contributed by atoms with Crippen LogP contribution < -0.4 is 9.64 Å². The van der Waals surface area contributed by atoms with Crippen LogP contribution in [0.15, 0.2) is 42.6 Å². The second-order valence-electron chi connectivity index (χ2n) is 9.52. The second kappa shape index (κ2) is 11.5. The lowest BCUT2D eigenvalue weighted by Crippen LogP contribution is -2.34. The quantitative estimate of drug-likeness (QED) is 0.299. The van der Waals surface area contributed by atoms with Crippen LogP contribution in [0.25, 0.3) is 22.3 Å². The molecule has 39 heavy (non-hydrogen) atoms. The zero-order chi connectivity index (χ0) is 26.9. The molecule has 1 aliphatic rings. The highest BCUT2D eigenvalue weighted by molar-refractivity contribution is 5.85. The summed E-state index contributed by atoms with van der Waals surface area (Å²) in [5.74, 6) is 1.11. The molecule has 3 aromatic heterocycles. The highest BCUT2D eigenvalue weighted by Gasteiger charge is 2.35. The Morgan fingerprint density at radius 1 is 1.13 bits per heavy atom. The molecule has 8 nitrogen and oxygen atoms in total. The number of hydrogen-bond donors (Lipinski definition) is 0. The molecule has 0 atom stereocenters. The van der Waals surface area contributed by atoms with E-state index in [0.29, 0.717) is 23.4 Å². The van der Waals surface area contributed by atoms with Gasteiger partial charge in [-0.2, -0.15) is 18.4 Å². The molecule has 204 valence electrons. The Morgan fingerprint density at radius 3 is 2.56 bits per heavy atom. The van der Waals surface area contributed by atoms with Crippen LogP contribution in [0.1, 0.15) is 36.1 Å². The van der Waals surface area contributed by atoms with E-state index >= 15 is 0 Å². The molecule has 12 heteroatoms. The minimum absolute atomic E-state index is 0. The molecule has 0 unspecified atom stereocenters. The molecule has 4 aromatic rings. The van der Waals surface area contributed by atoms with E-state index in [2.05, 4.69) is 25.2 Å². The highest BCUT2D eigenvalue weighted by Crippen LogP contribution is 2.39. The van der Waals surface area contributed by atoms with E-state index in [1.165, 1.54) is 16.8 Å². The molecule has 0 saturated carbocycles. The fraction of sp³-hybridized carbons (Fsp3) is 0.370. The lowest BCUT2D eigenvalue weighted by Gasteiger charge is -2.32. The number of alkyl halides is 3. The first-order valence-corrected chi connectivity index (χ1v) is 12.4. The minimum Gasteiger partial charge on any atom is -0.493 e. The van der Waals surface area contributed by atoms with Crippen LogP contribution in [-0.2, 0) is 13.2 Å². The Hall–Kier alpha value is -3.91. The first-order valence-electron chi connectivity index (χ1n) is 12.4. The molecule has 1 fully saturated rings. The van der Waals surface area contributed by atoms with E-state index in [4.69, 9.17) is 4.74 Å². The molecule has 0 N–H and O–H groups in total. The smallest absolute Gasteiger partial charge is 0.419 e. The van der Waals surface area contributed by atoms with Gasteiger partial charge in [-0.15, -0.1) is 17.5 Å². The van der Waals surface area contributed by atoms with Crippen LogP contribution >= 0.6 is 12.4 Å². The van der Waals surface area contributed by atoms with Crippen molar-refractivity contribution in [2.24, 2.45) is 13.0 Å². The number of ether oxygens (including phenoxy) is 1. The Balaban J connectivity index is 0.00000353. The Bertz CT molecular complexity index is 1490. The number of fused-ring (bicyclic) bond motifs is 1. The fourth-order valence-corrected chi connectivity index (χ4v) is 4.73. The third kappa shape index (κ3) is 6.06. The van der Waals surface area contributed by atoms with Gasteiger partial charge in [-0.3, -0.25) is 0 Å². The summed E-state index contributed by atoms with van der Waals surface area (Å²) in [7, 11) is 1.64. The Labute approximate surface area is 229 Å². The standard InChI is InChI=1S/C27H26F3N7O.ClH/c1-17-3-6-25(32-16-17)37-10-7-18(8-11-37)9-12-38-24-5-4-19(13-20(24)27(28,29)30)21-14-23-26(22(15-31)33-21)34-35-36(23)2;/h3-6,13-14,16,18H,7-12H2,1-2H3;1H. The summed E-state index contributed by atoms with van der Waals surface area (Å²) in [6.45, 7) is 3.91. The molecular weight excluding hydrogens is 531 g/mol. The van der Waals surface area contributed by atoms with Crippen LogP contribution in [0.4, 0.5) is 19.0 Å². The Morgan fingerprint density at radius 2 is 1.90 bits per heavy atom. The summed E-state index contributed by atoms with van der Waals surface area (Å²) in [4.78, 5) is 10.9. The number of aromatic nitrogens is 5. The zero-order valence-corrected chi connectivity index (χ0v) is 22.3. The van der Waals surface area contributed by atoms with Gasteiger partial charge in [0.1, 0.15) is 23.2 Å². The number of piperidine rings is 1. The van der Waals surface area contributed by atoms with E-state index < -0.39 is 11.7 Å². The van der Waals surface area contributed by atoms with Gasteiger partial charge >= 0.3 is 6.18 Å². The van der Waals surface area contributed by atoms with Crippen molar-refractivity contribution in [2.75, 3.05) is 24.6 Å². The molecule has 1 aliphatic heterocycles. The summed E-state index contributed by atoms with van der Waals surface area (Å²) in [5.41, 5.74) is 1.50. The summed E-state index contributed by atoms with van der Waals surface area (Å²) < 4.78 is 49.1. The number of hydrogen-bond acceptors (Lipinski definition) is 7. The fourth-order valence-electron chi connectivity index (χ4n) is 4.73. The van der Waals surface area contributed by atoms with Gasteiger partial charge in [0.05, 0.1) is 23.4 Å². The molecule has 1 saturated heterocycles. The predicted octanol–water partition coefficient (Wildman–Crippen LogP) is 5.73. The van der Waals surface area contributed by atoms with Crippen molar-refractivity contribution in [3.63, 3.8) is 0 Å². The molecule has 0 radical (unpaired) electrons. The van der Waals surface area contributed by atoms with Gasteiger partial charge in [0.15, 0.2) is 5.69 Å². The van der Waals surface area contributed by atoms with E-state index in [1.807, 2.05) is 31.3 Å². The minimum atomic E-state index is -4.62. The van der Waals surface area contributed by atoms with E-state index in [1.54, 1.807) is 13.1 Å². The van der Waals surface area contributed by atoms with Gasteiger partial charge in [-0.25, -0.2) is 14.6 Å². The van der Waals surface area contributed by atoms with Crippen molar-refractivity contribution in [3.05, 3.63) is 59.4 Å². The van der Waals surface area contributed by atoms with Crippen LogP contribution in [0.2, 0.25) is 0 Å². The van der Waals surface area contributed by atoms with Crippen LogP contribution in [0.5, 0.6) is 5.75 Å². The molecule has 0 bridgehead atoms. The first-order chi connectivity index (χ1) is 18.2. The van der Waals surface area contributed by atoms with Gasteiger partial charge < -0.3 is 9.64 Å². The average Bonchev–Trinajstić information content (AvgIpc) is 3.29. The molecule has 5 rings (SSSR count). The lowest BCUT2D eigenvalue weighted by atomic mass is 9.94. The van der Waals surface area contributed by atoms with Crippen molar-refractivity contribution in [1.82, 2.24) is 25.0 Å². The number of rotatable bonds is 6.